The summed E-state index contributed by atoms with van der Waals surface area (Å²) in [7, 11) is 1.62. The number of rotatable bonds is 1. The second-order valence-electron chi connectivity index (χ2n) is 2.63. The fraction of sp³-hybridized carbons (Fsp3) is 0.833. The first-order valence-electron chi connectivity index (χ1n) is 3.18. The number of carboxylic acids is 1. The molecule has 0 amide bonds. The van der Waals surface area contributed by atoms with Crippen LogP contribution in [0.1, 0.15) is 6.42 Å². The van der Waals surface area contributed by atoms with Gasteiger partial charge in [0, 0.05) is 13.0 Å². The number of hydrogen-bond donors (Lipinski definition) is 1. The predicted octanol–water partition coefficient (Wildman–Crippen LogP) is 0.113. The molecule has 3 nitrogen and oxygen atoms in total. The van der Waals surface area contributed by atoms with Gasteiger partial charge in [0.25, 0.3) is 0 Å². The first-order valence-corrected chi connectivity index (χ1v) is 3.18. The third-order valence-electron chi connectivity index (χ3n) is 1.78. The van der Waals surface area contributed by atoms with Crippen molar-refractivity contribution in [2.75, 3.05) is 13.6 Å². The first-order chi connectivity index (χ1) is 4.61. The normalized spacial score (nSPS) is 34.6. The summed E-state index contributed by atoms with van der Waals surface area (Å²) in [6, 6.07) is -0.616. The zero-order valence-electron chi connectivity index (χ0n) is 5.75. The second kappa shape index (κ2) is 2.54. The number of nitrogens with zero attached hydrogens (tertiary/aromatic N) is 1. The Morgan fingerprint density at radius 2 is 2.40 bits per heavy atom. The van der Waals surface area contributed by atoms with Gasteiger partial charge in [0.15, 0.2) is 0 Å². The van der Waals surface area contributed by atoms with Crippen LogP contribution in [0.3, 0.4) is 0 Å². The van der Waals surface area contributed by atoms with Gasteiger partial charge in [-0.1, -0.05) is 0 Å². The first kappa shape index (κ1) is 7.47. The molecule has 1 rings (SSSR count). The number of carboxylic acid groups (broad SMARTS) is 1. The van der Waals surface area contributed by atoms with E-state index in [-0.39, 0.29) is 13.0 Å². The summed E-state index contributed by atoms with van der Waals surface area (Å²) in [6.45, 7) is 0.247. The maximum absolute atomic E-state index is 12.5. The molecule has 0 radical (unpaired) electrons. The van der Waals surface area contributed by atoms with E-state index in [9.17, 15) is 9.18 Å². The molecule has 1 saturated heterocycles. The van der Waals surface area contributed by atoms with Crippen molar-refractivity contribution >= 4 is 5.97 Å². The smallest absolute Gasteiger partial charge is 0.321 e. The maximum atomic E-state index is 12.5. The molecule has 0 saturated carbocycles. The van der Waals surface area contributed by atoms with E-state index in [4.69, 9.17) is 5.11 Å². The molecule has 1 fully saturated rings. The van der Waals surface area contributed by atoms with Gasteiger partial charge in [0.05, 0.1) is 0 Å². The van der Waals surface area contributed by atoms with E-state index < -0.39 is 18.2 Å². The fourth-order valence-electron chi connectivity index (χ4n) is 1.23. The van der Waals surface area contributed by atoms with E-state index in [1.54, 1.807) is 7.05 Å². The van der Waals surface area contributed by atoms with Crippen molar-refractivity contribution in [3.8, 4) is 0 Å². The average molecular weight is 147 g/mol. The van der Waals surface area contributed by atoms with Gasteiger partial charge in [-0.25, -0.2) is 4.39 Å². The SMILES string of the molecule is CN1C[C@@H](F)C[C@@H]1C(=O)O. The van der Waals surface area contributed by atoms with Crippen molar-refractivity contribution in [2.45, 2.75) is 18.6 Å². The van der Waals surface area contributed by atoms with Crippen molar-refractivity contribution in [3.05, 3.63) is 0 Å². The molecule has 0 aromatic rings. The standard InChI is InChI=1S/C6H10FNO2/c1-8-3-4(7)2-5(8)6(9)10/h4-5H,2-3H2,1H3,(H,9,10)/t4-,5+/m0/s1. The van der Waals surface area contributed by atoms with Gasteiger partial charge >= 0.3 is 5.97 Å². The van der Waals surface area contributed by atoms with Crippen molar-refractivity contribution in [1.29, 1.82) is 0 Å². The lowest BCUT2D eigenvalue weighted by Crippen LogP contribution is -2.32. The molecule has 0 spiro atoms. The minimum atomic E-state index is -0.967. The summed E-state index contributed by atoms with van der Waals surface area (Å²) in [4.78, 5) is 11.9. The molecule has 0 bridgehead atoms. The topological polar surface area (TPSA) is 40.5 Å². The van der Waals surface area contributed by atoms with Crippen LogP contribution < -0.4 is 0 Å². The molecule has 10 heavy (non-hydrogen) atoms. The lowest BCUT2D eigenvalue weighted by molar-refractivity contribution is -0.141. The Morgan fingerprint density at radius 3 is 2.60 bits per heavy atom. The van der Waals surface area contributed by atoms with Crippen molar-refractivity contribution in [1.82, 2.24) is 4.90 Å². The monoisotopic (exact) mass is 147 g/mol. The van der Waals surface area contributed by atoms with Gasteiger partial charge in [0.1, 0.15) is 12.2 Å². The fourth-order valence-corrected chi connectivity index (χ4v) is 1.23. The largest absolute Gasteiger partial charge is 0.480 e. The molecule has 2 atom stereocenters. The van der Waals surface area contributed by atoms with Crippen molar-refractivity contribution in [3.63, 3.8) is 0 Å². The number of aliphatic carboxylic acids is 1. The van der Waals surface area contributed by atoms with Crippen LogP contribution in [0.15, 0.2) is 0 Å². The Labute approximate surface area is 58.4 Å². The zero-order chi connectivity index (χ0) is 7.72. The molecule has 1 heterocycles. The van der Waals surface area contributed by atoms with E-state index >= 15 is 0 Å². The van der Waals surface area contributed by atoms with Crippen LogP contribution in [-0.4, -0.2) is 41.8 Å². The highest BCUT2D eigenvalue weighted by atomic mass is 19.1. The molecule has 0 aromatic carbocycles. The van der Waals surface area contributed by atoms with Crippen LogP contribution in [0.2, 0.25) is 0 Å². The number of carbonyl (C=O) groups is 1. The molecular formula is C6H10FNO2. The van der Waals surface area contributed by atoms with E-state index in [0.29, 0.717) is 0 Å². The zero-order valence-corrected chi connectivity index (χ0v) is 5.75. The van der Waals surface area contributed by atoms with Gasteiger partial charge in [-0.2, -0.15) is 0 Å². The number of alkyl halides is 1. The number of halogens is 1. The summed E-state index contributed by atoms with van der Waals surface area (Å²) in [5, 5.41) is 8.49. The van der Waals surface area contributed by atoms with E-state index in [2.05, 4.69) is 0 Å². The molecular weight excluding hydrogens is 137 g/mol. The maximum Gasteiger partial charge on any atom is 0.321 e. The molecule has 0 aromatic heterocycles. The Bertz CT molecular complexity index is 151. The molecule has 1 N–H and O–H groups in total. The van der Waals surface area contributed by atoms with Crippen LogP contribution in [0.4, 0.5) is 4.39 Å². The number of hydrogen-bond acceptors (Lipinski definition) is 2. The number of likely N-dealkylation sites (N-methyl/N-ethyl adjacent to an activating group) is 1. The van der Waals surface area contributed by atoms with E-state index in [1.807, 2.05) is 0 Å². The van der Waals surface area contributed by atoms with E-state index in [1.165, 1.54) is 4.90 Å². The summed E-state index contributed by atoms with van der Waals surface area (Å²) in [6.07, 6.45) is -0.836. The Hall–Kier alpha value is -0.640. The van der Waals surface area contributed by atoms with Crippen molar-refractivity contribution < 1.29 is 14.3 Å². The average Bonchev–Trinajstić information content (AvgIpc) is 2.10. The minimum absolute atomic E-state index is 0.131. The summed E-state index contributed by atoms with van der Waals surface area (Å²) in [5.74, 6) is -0.928. The lowest BCUT2D eigenvalue weighted by Gasteiger charge is -2.12. The summed E-state index contributed by atoms with van der Waals surface area (Å²) >= 11 is 0. The molecule has 0 aliphatic carbocycles. The quantitative estimate of drug-likeness (QED) is 0.572. The van der Waals surface area contributed by atoms with Gasteiger partial charge in [-0.05, 0) is 7.05 Å². The van der Waals surface area contributed by atoms with Crippen molar-refractivity contribution in [2.24, 2.45) is 0 Å². The van der Waals surface area contributed by atoms with Crippen LogP contribution in [0, 0.1) is 0 Å². The number of likely N-dealkylation sites (tertiary alicyclic amines) is 1. The molecule has 1 aliphatic rings. The summed E-state index contributed by atoms with van der Waals surface area (Å²) in [5.41, 5.74) is 0. The van der Waals surface area contributed by atoms with Gasteiger partial charge in [-0.15, -0.1) is 0 Å². The molecule has 58 valence electrons. The third-order valence-corrected chi connectivity index (χ3v) is 1.78. The summed E-state index contributed by atoms with van der Waals surface area (Å²) < 4.78 is 12.5. The predicted molar refractivity (Wildman–Crippen MR) is 33.6 cm³/mol. The third kappa shape index (κ3) is 1.26. The Kier molecular flexibility index (Phi) is 1.89. The van der Waals surface area contributed by atoms with Gasteiger partial charge < -0.3 is 5.11 Å². The van der Waals surface area contributed by atoms with Crippen LogP contribution in [0.5, 0.6) is 0 Å². The molecule has 4 heteroatoms. The highest BCUT2D eigenvalue weighted by Crippen LogP contribution is 2.17. The molecule has 1 aliphatic heterocycles. The van der Waals surface area contributed by atoms with Gasteiger partial charge in [0.2, 0.25) is 0 Å². The Morgan fingerprint density at radius 1 is 1.80 bits per heavy atom. The molecule has 0 unspecified atom stereocenters. The van der Waals surface area contributed by atoms with Crippen LogP contribution in [0.25, 0.3) is 0 Å². The van der Waals surface area contributed by atoms with Crippen LogP contribution in [-0.2, 0) is 4.79 Å². The van der Waals surface area contributed by atoms with E-state index in [0.717, 1.165) is 0 Å². The second-order valence-corrected chi connectivity index (χ2v) is 2.63. The van der Waals surface area contributed by atoms with Gasteiger partial charge in [-0.3, -0.25) is 9.69 Å². The Balaban J connectivity index is 2.54. The highest BCUT2D eigenvalue weighted by molar-refractivity contribution is 5.73. The highest BCUT2D eigenvalue weighted by Gasteiger charge is 2.34. The lowest BCUT2D eigenvalue weighted by atomic mass is 10.2. The van der Waals surface area contributed by atoms with Crippen LogP contribution >= 0.6 is 0 Å². The minimum Gasteiger partial charge on any atom is -0.480 e.